The molecule has 0 saturated carbocycles. The van der Waals surface area contributed by atoms with E-state index < -0.39 is 5.60 Å². The van der Waals surface area contributed by atoms with Gasteiger partial charge in [0, 0.05) is 16.7 Å². The lowest BCUT2D eigenvalue weighted by Gasteiger charge is -2.33. The number of carbonyl (C=O) groups excluding carboxylic acids is 1. The van der Waals surface area contributed by atoms with Crippen molar-refractivity contribution >= 4 is 5.78 Å². The fourth-order valence-corrected chi connectivity index (χ4v) is 3.80. The Morgan fingerprint density at radius 1 is 0.867 bits per heavy atom. The zero-order valence-electron chi connectivity index (χ0n) is 16.9. The minimum atomic E-state index is -1.73. The van der Waals surface area contributed by atoms with E-state index in [2.05, 4.69) is 11.8 Å². The molecule has 0 bridgehead atoms. The van der Waals surface area contributed by atoms with Gasteiger partial charge in [-0.3, -0.25) is 4.79 Å². The molecule has 0 spiro atoms. The quantitative estimate of drug-likeness (QED) is 0.665. The molecule has 30 heavy (non-hydrogen) atoms. The maximum Gasteiger partial charge on any atom is 0.197 e. The second kappa shape index (κ2) is 8.06. The van der Waals surface area contributed by atoms with E-state index in [-0.39, 0.29) is 5.78 Å². The summed E-state index contributed by atoms with van der Waals surface area (Å²) in [5.41, 5.74) is 0.521. The largest absolute Gasteiger partial charge is 0.493 e. The van der Waals surface area contributed by atoms with Crippen LogP contribution in [0.2, 0.25) is 0 Å². The summed E-state index contributed by atoms with van der Waals surface area (Å²) in [6.07, 6.45) is 0. The van der Waals surface area contributed by atoms with Crippen LogP contribution in [0, 0.1) is 11.8 Å². The van der Waals surface area contributed by atoms with Crippen LogP contribution in [0.3, 0.4) is 0 Å². The zero-order valence-corrected chi connectivity index (χ0v) is 16.9. The van der Waals surface area contributed by atoms with Crippen molar-refractivity contribution in [2.24, 2.45) is 0 Å². The molecular weight excluding hydrogens is 376 g/mol. The Bertz CT molecular complexity index is 1150. The molecule has 1 aliphatic rings. The number of rotatable bonds is 4. The number of hydrogen-bond donors (Lipinski definition) is 1. The molecule has 3 aromatic carbocycles. The number of carbonyl (C=O) groups is 1. The summed E-state index contributed by atoms with van der Waals surface area (Å²) in [5, 5.41) is 12.0. The molecule has 4 heteroatoms. The average Bonchev–Trinajstić information content (AvgIpc) is 2.77. The lowest BCUT2D eigenvalue weighted by Crippen LogP contribution is -2.35. The molecule has 1 aliphatic carbocycles. The number of hydrogen-bond acceptors (Lipinski definition) is 4. The summed E-state index contributed by atoms with van der Waals surface area (Å²) in [6, 6.07) is 19.9. The van der Waals surface area contributed by atoms with Crippen LogP contribution in [-0.2, 0) is 5.60 Å². The summed E-state index contributed by atoms with van der Waals surface area (Å²) in [4.78, 5) is 13.4. The second-order valence-corrected chi connectivity index (χ2v) is 6.88. The van der Waals surface area contributed by atoms with Gasteiger partial charge in [0.05, 0.1) is 24.3 Å². The third kappa shape index (κ3) is 3.24. The van der Waals surface area contributed by atoms with Crippen molar-refractivity contribution < 1.29 is 19.4 Å². The number of aliphatic hydroxyl groups is 1. The van der Waals surface area contributed by atoms with Crippen molar-refractivity contribution in [2.45, 2.75) is 19.4 Å². The molecular formula is C26H22O4. The summed E-state index contributed by atoms with van der Waals surface area (Å²) in [6.45, 7) is 4.53. The van der Waals surface area contributed by atoms with Gasteiger partial charge in [0.25, 0.3) is 0 Å². The third-order valence-electron chi connectivity index (χ3n) is 5.04. The van der Waals surface area contributed by atoms with Crippen LogP contribution in [0.4, 0.5) is 0 Å². The molecule has 1 atom stereocenters. The minimum Gasteiger partial charge on any atom is -0.493 e. The predicted molar refractivity (Wildman–Crippen MR) is 115 cm³/mol. The smallest absolute Gasteiger partial charge is 0.197 e. The van der Waals surface area contributed by atoms with E-state index in [1.807, 2.05) is 44.2 Å². The first-order valence-corrected chi connectivity index (χ1v) is 9.98. The Morgan fingerprint density at radius 2 is 1.53 bits per heavy atom. The maximum absolute atomic E-state index is 13.4. The second-order valence-electron chi connectivity index (χ2n) is 6.88. The van der Waals surface area contributed by atoms with Crippen LogP contribution in [0.1, 0.15) is 46.5 Å². The van der Waals surface area contributed by atoms with Gasteiger partial charge < -0.3 is 14.6 Å². The zero-order chi connectivity index (χ0) is 21.1. The van der Waals surface area contributed by atoms with Gasteiger partial charge in [-0.05, 0) is 38.1 Å². The highest BCUT2D eigenvalue weighted by molar-refractivity contribution is 6.15. The van der Waals surface area contributed by atoms with Crippen LogP contribution in [0.25, 0.3) is 0 Å². The number of fused-ring (bicyclic) bond motifs is 2. The SMILES string of the molecule is CCOc1cccc2c1C(=O)c1cccc(OCC)c1[C@@]2(O)C#Cc1ccccc1. The Balaban J connectivity index is 2.02. The van der Waals surface area contributed by atoms with E-state index in [0.717, 1.165) is 5.56 Å². The molecule has 150 valence electrons. The summed E-state index contributed by atoms with van der Waals surface area (Å²) < 4.78 is 11.5. The summed E-state index contributed by atoms with van der Waals surface area (Å²) >= 11 is 0. The van der Waals surface area contributed by atoms with Crippen molar-refractivity contribution in [3.8, 4) is 23.3 Å². The predicted octanol–water partition coefficient (Wildman–Crippen LogP) is 4.32. The molecule has 0 radical (unpaired) electrons. The van der Waals surface area contributed by atoms with E-state index >= 15 is 0 Å². The Kier molecular flexibility index (Phi) is 5.31. The molecule has 0 aromatic heterocycles. The maximum atomic E-state index is 13.4. The lowest BCUT2D eigenvalue weighted by molar-refractivity contribution is 0.0966. The van der Waals surface area contributed by atoms with E-state index in [9.17, 15) is 9.90 Å². The molecule has 0 fully saturated rings. The molecule has 4 rings (SSSR count). The third-order valence-corrected chi connectivity index (χ3v) is 5.04. The van der Waals surface area contributed by atoms with Gasteiger partial charge in [-0.1, -0.05) is 54.3 Å². The fraction of sp³-hybridized carbons (Fsp3) is 0.192. The van der Waals surface area contributed by atoms with Gasteiger partial charge >= 0.3 is 0 Å². The highest BCUT2D eigenvalue weighted by Crippen LogP contribution is 2.46. The molecule has 0 aliphatic heterocycles. The number of benzene rings is 3. The van der Waals surface area contributed by atoms with Crippen LogP contribution in [0.5, 0.6) is 11.5 Å². The van der Waals surface area contributed by atoms with Gasteiger partial charge in [0.2, 0.25) is 0 Å². The average molecular weight is 398 g/mol. The van der Waals surface area contributed by atoms with E-state index in [0.29, 0.717) is 47.0 Å². The fourth-order valence-electron chi connectivity index (χ4n) is 3.80. The van der Waals surface area contributed by atoms with Crippen molar-refractivity contribution in [1.82, 2.24) is 0 Å². The van der Waals surface area contributed by atoms with Crippen LogP contribution in [0.15, 0.2) is 66.7 Å². The van der Waals surface area contributed by atoms with Gasteiger partial charge in [-0.2, -0.15) is 0 Å². The lowest BCUT2D eigenvalue weighted by atomic mass is 9.73. The van der Waals surface area contributed by atoms with Gasteiger partial charge in [0.15, 0.2) is 11.4 Å². The normalized spacial score (nSPS) is 16.7. The molecule has 3 aromatic rings. The van der Waals surface area contributed by atoms with Crippen molar-refractivity contribution in [1.29, 1.82) is 0 Å². The molecule has 4 nitrogen and oxygen atoms in total. The molecule has 0 amide bonds. The first-order chi connectivity index (χ1) is 14.6. The van der Waals surface area contributed by atoms with Crippen LogP contribution in [-0.4, -0.2) is 24.1 Å². The van der Waals surface area contributed by atoms with Gasteiger partial charge in [-0.15, -0.1) is 0 Å². The number of ether oxygens (including phenoxy) is 2. The minimum absolute atomic E-state index is 0.211. The topological polar surface area (TPSA) is 55.8 Å². The molecule has 0 saturated heterocycles. The van der Waals surface area contributed by atoms with Crippen molar-refractivity contribution in [2.75, 3.05) is 13.2 Å². The Labute approximate surface area is 176 Å². The monoisotopic (exact) mass is 398 g/mol. The molecule has 0 heterocycles. The Morgan fingerprint density at radius 3 is 2.27 bits per heavy atom. The highest BCUT2D eigenvalue weighted by atomic mass is 16.5. The van der Waals surface area contributed by atoms with Crippen LogP contribution < -0.4 is 9.47 Å². The standard InChI is InChI=1S/C26H22O4/c1-3-29-21-14-9-13-20-23(21)25(27)19-12-8-15-22(30-4-2)24(19)26(20,28)17-16-18-10-6-5-7-11-18/h5-15,28H,3-4H2,1-2H3/t26-/m1/s1. The highest BCUT2D eigenvalue weighted by Gasteiger charge is 2.45. The first kappa shape index (κ1) is 19.8. The van der Waals surface area contributed by atoms with E-state index in [1.165, 1.54) is 0 Å². The van der Waals surface area contributed by atoms with Crippen molar-refractivity contribution in [3.05, 3.63) is 94.5 Å². The summed E-state index contributed by atoms with van der Waals surface area (Å²) in [7, 11) is 0. The Hall–Kier alpha value is -3.55. The first-order valence-electron chi connectivity index (χ1n) is 9.98. The number of ketones is 1. The van der Waals surface area contributed by atoms with Crippen molar-refractivity contribution in [3.63, 3.8) is 0 Å². The van der Waals surface area contributed by atoms with Gasteiger partial charge in [0.1, 0.15) is 11.5 Å². The van der Waals surface area contributed by atoms with Gasteiger partial charge in [-0.25, -0.2) is 0 Å². The van der Waals surface area contributed by atoms with E-state index in [1.54, 1.807) is 36.4 Å². The summed E-state index contributed by atoms with van der Waals surface area (Å²) in [5.74, 6) is 6.77. The van der Waals surface area contributed by atoms with E-state index in [4.69, 9.17) is 9.47 Å². The molecule has 0 unspecified atom stereocenters. The molecule has 1 N–H and O–H groups in total. The van der Waals surface area contributed by atoms with Crippen LogP contribution >= 0.6 is 0 Å².